The zero-order valence-electron chi connectivity index (χ0n) is 19.1. The van der Waals surface area contributed by atoms with Crippen LogP contribution in [0, 0.1) is 17.2 Å². The second kappa shape index (κ2) is 9.92. The summed E-state index contributed by atoms with van der Waals surface area (Å²) in [5, 5.41) is 54.6. The van der Waals surface area contributed by atoms with Crippen molar-refractivity contribution in [1.29, 1.82) is 5.26 Å². The maximum atomic E-state index is 11.4. The number of aliphatic hydroxyl groups excluding tert-OH is 3. The average molecular weight is 498 g/mol. The van der Waals surface area contributed by atoms with Crippen LogP contribution in [-0.4, -0.2) is 87.9 Å². The van der Waals surface area contributed by atoms with Gasteiger partial charge in [-0.2, -0.15) is 10.4 Å². The Labute approximate surface area is 204 Å². The Hall–Kier alpha value is -3.41. The van der Waals surface area contributed by atoms with Crippen LogP contribution >= 0.6 is 0 Å². The summed E-state index contributed by atoms with van der Waals surface area (Å²) >= 11 is 0. The van der Waals surface area contributed by atoms with Gasteiger partial charge in [0.25, 0.3) is 0 Å². The van der Waals surface area contributed by atoms with Gasteiger partial charge in [-0.1, -0.05) is 6.42 Å². The standard InChI is InChI=1S/C23H26N6O7/c24-6-4-14(29-9-11(8-28-29)16-13-5-7-25-21(13)27-10-26-16)12-2-1-3-15(12)35-23-19(32)17(30)18(31)20(36-23)22(33)34/h5,7-10,12,14-15,17-20,23,30-32H,1-4H2,(H,33,34)(H,25,26,27). The molecule has 3 aromatic heterocycles. The van der Waals surface area contributed by atoms with E-state index < -0.39 is 42.8 Å². The zero-order valence-corrected chi connectivity index (χ0v) is 19.1. The molecule has 8 unspecified atom stereocenters. The molecule has 2 aliphatic rings. The van der Waals surface area contributed by atoms with Gasteiger partial charge < -0.3 is 34.9 Å². The number of aliphatic carboxylic acids is 1. The molecule has 1 aliphatic heterocycles. The summed E-state index contributed by atoms with van der Waals surface area (Å²) in [5.74, 6) is -1.67. The molecule has 13 heteroatoms. The molecule has 0 bridgehead atoms. The summed E-state index contributed by atoms with van der Waals surface area (Å²) in [4.78, 5) is 23.1. The first-order valence-electron chi connectivity index (χ1n) is 11.7. The Morgan fingerprint density at radius 1 is 1.28 bits per heavy atom. The number of hydrogen-bond acceptors (Lipinski definition) is 10. The second-order valence-corrected chi connectivity index (χ2v) is 9.11. The van der Waals surface area contributed by atoms with Crippen LogP contribution < -0.4 is 0 Å². The van der Waals surface area contributed by atoms with Crippen molar-refractivity contribution in [2.24, 2.45) is 5.92 Å². The monoisotopic (exact) mass is 498 g/mol. The number of nitriles is 1. The van der Waals surface area contributed by atoms with Crippen molar-refractivity contribution in [2.75, 3.05) is 0 Å². The number of ether oxygens (including phenoxy) is 2. The lowest BCUT2D eigenvalue weighted by Crippen LogP contribution is -2.61. The Balaban J connectivity index is 1.38. The number of nitrogens with zero attached hydrogens (tertiary/aromatic N) is 5. The number of nitrogens with one attached hydrogen (secondary N) is 1. The van der Waals surface area contributed by atoms with E-state index in [9.17, 15) is 30.5 Å². The topological polar surface area (TPSA) is 200 Å². The highest BCUT2D eigenvalue weighted by Gasteiger charge is 2.49. The molecule has 8 atom stereocenters. The predicted octanol–water partition coefficient (Wildman–Crippen LogP) is 0.354. The Morgan fingerprint density at radius 2 is 2.11 bits per heavy atom. The van der Waals surface area contributed by atoms with Crippen molar-refractivity contribution in [3.8, 4) is 17.3 Å². The molecule has 0 amide bonds. The fourth-order valence-corrected chi connectivity index (χ4v) is 5.18. The Morgan fingerprint density at radius 3 is 2.89 bits per heavy atom. The van der Waals surface area contributed by atoms with E-state index in [0.717, 1.165) is 17.4 Å². The second-order valence-electron chi connectivity index (χ2n) is 9.11. The molecule has 5 rings (SSSR count). The lowest BCUT2D eigenvalue weighted by molar-refractivity contribution is -0.307. The number of carboxylic acid groups (broad SMARTS) is 1. The van der Waals surface area contributed by atoms with E-state index in [1.54, 1.807) is 17.1 Å². The zero-order chi connectivity index (χ0) is 25.4. The van der Waals surface area contributed by atoms with Crippen LogP contribution in [-0.2, 0) is 14.3 Å². The van der Waals surface area contributed by atoms with Crippen molar-refractivity contribution in [3.63, 3.8) is 0 Å². The van der Waals surface area contributed by atoms with Crippen molar-refractivity contribution < 1.29 is 34.7 Å². The van der Waals surface area contributed by atoms with Gasteiger partial charge >= 0.3 is 5.97 Å². The predicted molar refractivity (Wildman–Crippen MR) is 121 cm³/mol. The first-order chi connectivity index (χ1) is 17.4. The molecule has 13 nitrogen and oxygen atoms in total. The first kappa shape index (κ1) is 24.3. The number of carboxylic acids is 1. The third kappa shape index (κ3) is 4.34. The number of H-pyrrole nitrogens is 1. The average Bonchev–Trinajstić information content (AvgIpc) is 3.63. The SMILES string of the molecule is N#CCC(C1CCCC1OC1OC(C(=O)O)C(O)C(O)C1O)n1cc(-c2ncnc3[nH]ccc23)cn1. The van der Waals surface area contributed by atoms with Gasteiger partial charge in [-0.3, -0.25) is 4.68 Å². The van der Waals surface area contributed by atoms with E-state index in [2.05, 4.69) is 26.1 Å². The van der Waals surface area contributed by atoms with Crippen LogP contribution in [0.25, 0.3) is 22.3 Å². The summed E-state index contributed by atoms with van der Waals surface area (Å²) in [6.07, 6.45) is 0.0770. The first-order valence-corrected chi connectivity index (χ1v) is 11.7. The van der Waals surface area contributed by atoms with Crippen LogP contribution in [0.1, 0.15) is 31.7 Å². The minimum Gasteiger partial charge on any atom is -0.479 e. The maximum absolute atomic E-state index is 11.4. The van der Waals surface area contributed by atoms with Gasteiger partial charge in [-0.15, -0.1) is 0 Å². The number of fused-ring (bicyclic) bond motifs is 1. The summed E-state index contributed by atoms with van der Waals surface area (Å²) < 4.78 is 13.0. The molecular weight excluding hydrogens is 472 g/mol. The van der Waals surface area contributed by atoms with E-state index in [4.69, 9.17) is 9.47 Å². The van der Waals surface area contributed by atoms with Gasteiger partial charge in [0.05, 0.1) is 36.5 Å². The number of carbonyl (C=O) groups is 1. The lowest BCUT2D eigenvalue weighted by Gasteiger charge is -2.40. The smallest absolute Gasteiger partial charge is 0.335 e. The van der Waals surface area contributed by atoms with Gasteiger partial charge in [0, 0.05) is 29.3 Å². The number of rotatable bonds is 7. The molecular formula is C23H26N6O7. The number of aromatic amines is 1. The van der Waals surface area contributed by atoms with Crippen molar-refractivity contribution in [2.45, 2.75) is 68.5 Å². The van der Waals surface area contributed by atoms with Gasteiger partial charge in [0.2, 0.25) is 0 Å². The number of aliphatic hydroxyl groups is 3. The Kier molecular flexibility index (Phi) is 6.69. The summed E-state index contributed by atoms with van der Waals surface area (Å²) in [6, 6.07) is 3.71. The molecule has 0 aromatic carbocycles. The van der Waals surface area contributed by atoms with Crippen LogP contribution in [0.15, 0.2) is 31.0 Å². The number of hydrogen-bond donors (Lipinski definition) is 5. The molecule has 0 radical (unpaired) electrons. The van der Waals surface area contributed by atoms with E-state index in [1.807, 2.05) is 12.3 Å². The lowest BCUT2D eigenvalue weighted by atomic mass is 9.93. The van der Waals surface area contributed by atoms with Gasteiger partial charge in [-0.25, -0.2) is 14.8 Å². The largest absolute Gasteiger partial charge is 0.479 e. The maximum Gasteiger partial charge on any atom is 0.335 e. The van der Waals surface area contributed by atoms with Crippen LogP contribution in [0.2, 0.25) is 0 Å². The molecule has 190 valence electrons. The molecule has 3 aromatic rings. The highest BCUT2D eigenvalue weighted by Crippen LogP contribution is 2.40. The van der Waals surface area contributed by atoms with E-state index in [0.29, 0.717) is 24.2 Å². The molecule has 0 spiro atoms. The van der Waals surface area contributed by atoms with Gasteiger partial charge in [-0.05, 0) is 18.9 Å². The third-order valence-corrected chi connectivity index (χ3v) is 6.99. The van der Waals surface area contributed by atoms with Gasteiger partial charge in [0.1, 0.15) is 30.3 Å². The van der Waals surface area contributed by atoms with Crippen LogP contribution in [0.4, 0.5) is 0 Å². The molecule has 1 aliphatic carbocycles. The quantitative estimate of drug-likeness (QED) is 0.301. The number of aromatic nitrogens is 5. The normalized spacial score (nSPS) is 31.3. The minimum atomic E-state index is -1.79. The molecule has 36 heavy (non-hydrogen) atoms. The minimum absolute atomic E-state index is 0.141. The van der Waals surface area contributed by atoms with Crippen LogP contribution in [0.3, 0.4) is 0 Å². The van der Waals surface area contributed by atoms with E-state index >= 15 is 0 Å². The highest BCUT2D eigenvalue weighted by molar-refractivity contribution is 5.89. The van der Waals surface area contributed by atoms with E-state index in [-0.39, 0.29) is 18.4 Å². The molecule has 1 saturated heterocycles. The summed E-state index contributed by atoms with van der Waals surface area (Å²) in [6.45, 7) is 0. The molecule has 2 fully saturated rings. The van der Waals surface area contributed by atoms with Crippen molar-refractivity contribution in [1.82, 2.24) is 24.7 Å². The molecule has 4 heterocycles. The summed E-state index contributed by atoms with van der Waals surface area (Å²) in [7, 11) is 0. The third-order valence-electron chi connectivity index (χ3n) is 6.99. The van der Waals surface area contributed by atoms with Crippen LogP contribution in [0.5, 0.6) is 0 Å². The van der Waals surface area contributed by atoms with Crippen molar-refractivity contribution >= 4 is 17.0 Å². The molecule has 5 N–H and O–H groups in total. The Bertz CT molecular complexity index is 1270. The fraction of sp³-hybridized carbons (Fsp3) is 0.522. The highest BCUT2D eigenvalue weighted by atomic mass is 16.7. The summed E-state index contributed by atoms with van der Waals surface area (Å²) in [5.41, 5.74) is 2.16. The van der Waals surface area contributed by atoms with Gasteiger partial charge in [0.15, 0.2) is 12.4 Å². The fourth-order valence-electron chi connectivity index (χ4n) is 5.18. The molecule has 1 saturated carbocycles. The van der Waals surface area contributed by atoms with Crippen molar-refractivity contribution in [3.05, 3.63) is 31.0 Å². The van der Waals surface area contributed by atoms with E-state index in [1.165, 1.54) is 6.33 Å².